The topological polar surface area (TPSA) is 20.2 Å². The summed E-state index contributed by atoms with van der Waals surface area (Å²) in [4.78, 5) is 0. The van der Waals surface area contributed by atoms with Gasteiger partial charge in [-0.25, -0.2) is 0 Å². The number of benzene rings is 1. The Morgan fingerprint density at radius 3 is 2.40 bits per heavy atom. The van der Waals surface area contributed by atoms with Gasteiger partial charge in [-0.3, -0.25) is 0 Å². The van der Waals surface area contributed by atoms with Crippen LogP contribution in [0.25, 0.3) is 0 Å². The molecule has 15 heavy (non-hydrogen) atoms. The SMILES string of the molecule is CS[C@](C[C@H](C)O)([Se]C)c1ccccc1. The summed E-state index contributed by atoms with van der Waals surface area (Å²) in [6.45, 7) is 1.87. The Balaban J connectivity index is 3.00. The zero-order valence-electron chi connectivity index (χ0n) is 9.43. The van der Waals surface area contributed by atoms with Crippen molar-refractivity contribution in [2.24, 2.45) is 0 Å². The quantitative estimate of drug-likeness (QED) is 0.841. The molecule has 0 unspecified atom stereocenters. The van der Waals surface area contributed by atoms with E-state index in [0.29, 0.717) is 15.0 Å². The molecule has 0 saturated carbocycles. The van der Waals surface area contributed by atoms with Crippen molar-refractivity contribution in [2.75, 3.05) is 6.26 Å². The number of hydrogen-bond acceptors (Lipinski definition) is 2. The van der Waals surface area contributed by atoms with Crippen LogP contribution in [0.5, 0.6) is 0 Å². The van der Waals surface area contributed by atoms with Crippen molar-refractivity contribution in [3.8, 4) is 0 Å². The van der Waals surface area contributed by atoms with Crippen LogP contribution in [0.1, 0.15) is 18.9 Å². The van der Waals surface area contributed by atoms with Gasteiger partial charge in [0.25, 0.3) is 0 Å². The molecule has 0 aliphatic carbocycles. The van der Waals surface area contributed by atoms with Gasteiger partial charge in [-0.2, -0.15) is 0 Å². The number of thioether (sulfide) groups is 1. The molecule has 1 N–H and O–H groups in total. The van der Waals surface area contributed by atoms with Crippen molar-refractivity contribution in [1.82, 2.24) is 0 Å². The molecule has 1 nitrogen and oxygen atoms in total. The standard InChI is InChI=1S/C12H18OSSe/c1-10(13)9-12(14-2,15-3)11-7-5-4-6-8-11/h4-8,10,13H,9H2,1-3H3/t10-,12+/m0/s1. The van der Waals surface area contributed by atoms with E-state index in [-0.39, 0.29) is 9.75 Å². The van der Waals surface area contributed by atoms with Crippen molar-refractivity contribution in [1.29, 1.82) is 0 Å². The summed E-state index contributed by atoms with van der Waals surface area (Å²) in [5, 5.41) is 9.61. The van der Waals surface area contributed by atoms with Crippen LogP contribution in [-0.2, 0) is 3.65 Å². The number of hydrogen-bond donors (Lipinski definition) is 1. The van der Waals surface area contributed by atoms with Gasteiger partial charge in [0.05, 0.1) is 0 Å². The Kier molecular flexibility index (Phi) is 5.20. The Morgan fingerprint density at radius 2 is 2.00 bits per heavy atom. The zero-order chi connectivity index (χ0) is 11.3. The molecule has 0 radical (unpaired) electrons. The third-order valence-electron chi connectivity index (χ3n) is 2.44. The van der Waals surface area contributed by atoms with Crippen LogP contribution in [0.3, 0.4) is 0 Å². The van der Waals surface area contributed by atoms with Crippen molar-refractivity contribution in [3.63, 3.8) is 0 Å². The van der Waals surface area contributed by atoms with Gasteiger partial charge in [0, 0.05) is 0 Å². The summed E-state index contributed by atoms with van der Waals surface area (Å²) in [5.41, 5.74) is 1.35. The fourth-order valence-electron chi connectivity index (χ4n) is 1.68. The molecule has 0 fully saturated rings. The third-order valence-corrected chi connectivity index (χ3v) is 7.64. The molecule has 0 bridgehead atoms. The van der Waals surface area contributed by atoms with Gasteiger partial charge in [-0.1, -0.05) is 0 Å². The predicted octanol–water partition coefficient (Wildman–Crippen LogP) is 2.73. The van der Waals surface area contributed by atoms with Gasteiger partial charge in [0.15, 0.2) is 0 Å². The van der Waals surface area contributed by atoms with Gasteiger partial charge in [0.2, 0.25) is 0 Å². The summed E-state index contributed by atoms with van der Waals surface area (Å²) in [6.07, 6.45) is 2.74. The summed E-state index contributed by atoms with van der Waals surface area (Å²) in [6, 6.07) is 10.5. The minimum atomic E-state index is -0.237. The van der Waals surface area contributed by atoms with Crippen LogP contribution in [0, 0.1) is 0 Å². The van der Waals surface area contributed by atoms with E-state index in [1.807, 2.05) is 24.8 Å². The Labute approximate surface area is 103 Å². The fraction of sp³-hybridized carbons (Fsp3) is 0.500. The van der Waals surface area contributed by atoms with E-state index >= 15 is 0 Å². The van der Waals surface area contributed by atoms with Crippen molar-refractivity contribution < 1.29 is 5.11 Å². The molecule has 84 valence electrons. The molecule has 0 amide bonds. The minimum absolute atomic E-state index is 0.127. The first-order valence-corrected chi connectivity index (χ1v) is 8.78. The first kappa shape index (κ1) is 13.1. The van der Waals surface area contributed by atoms with E-state index in [2.05, 4.69) is 36.3 Å². The van der Waals surface area contributed by atoms with Gasteiger partial charge < -0.3 is 0 Å². The predicted molar refractivity (Wildman–Crippen MR) is 69.6 cm³/mol. The second-order valence-corrected chi connectivity index (χ2v) is 7.59. The van der Waals surface area contributed by atoms with Gasteiger partial charge >= 0.3 is 103 Å². The van der Waals surface area contributed by atoms with Gasteiger partial charge in [0.1, 0.15) is 0 Å². The van der Waals surface area contributed by atoms with Gasteiger partial charge in [-0.05, 0) is 0 Å². The molecular weight excluding hydrogens is 271 g/mol. The molecule has 0 aliphatic heterocycles. The molecule has 1 rings (SSSR count). The Hall–Kier alpha value is 0.0495. The van der Waals surface area contributed by atoms with E-state index in [4.69, 9.17) is 0 Å². The van der Waals surface area contributed by atoms with Crippen molar-refractivity contribution in [3.05, 3.63) is 35.9 Å². The van der Waals surface area contributed by atoms with E-state index in [9.17, 15) is 5.11 Å². The molecule has 3 heteroatoms. The zero-order valence-corrected chi connectivity index (χ0v) is 12.0. The van der Waals surface area contributed by atoms with E-state index in [1.54, 1.807) is 0 Å². The number of rotatable bonds is 5. The molecule has 2 atom stereocenters. The third kappa shape index (κ3) is 3.25. The molecule has 1 aromatic carbocycles. The van der Waals surface area contributed by atoms with Crippen LogP contribution in [0.4, 0.5) is 0 Å². The second kappa shape index (κ2) is 5.95. The summed E-state index contributed by atoms with van der Waals surface area (Å²) < 4.78 is 0.127. The average Bonchev–Trinajstić information content (AvgIpc) is 2.27. The molecule has 0 aliphatic rings. The van der Waals surface area contributed by atoms with Crippen molar-refractivity contribution in [2.45, 2.75) is 28.9 Å². The van der Waals surface area contributed by atoms with Crippen molar-refractivity contribution >= 4 is 26.7 Å². The molecule has 0 heterocycles. The maximum atomic E-state index is 9.61. The second-order valence-electron chi connectivity index (χ2n) is 3.58. The van der Waals surface area contributed by atoms with E-state index < -0.39 is 0 Å². The molecular formula is C12H18OSSe. The van der Waals surface area contributed by atoms with Crippen LogP contribution >= 0.6 is 11.8 Å². The van der Waals surface area contributed by atoms with Crippen LogP contribution in [0.15, 0.2) is 30.3 Å². The summed E-state index contributed by atoms with van der Waals surface area (Å²) >= 11 is 2.34. The Bertz CT molecular complexity index is 283. The summed E-state index contributed by atoms with van der Waals surface area (Å²) in [5.74, 6) is 2.25. The number of aliphatic hydroxyl groups excluding tert-OH is 1. The molecule has 0 saturated heterocycles. The maximum absolute atomic E-state index is 9.61. The molecule has 1 aromatic rings. The molecule has 0 aromatic heterocycles. The average molecular weight is 289 g/mol. The fourth-order valence-corrected chi connectivity index (χ4v) is 5.32. The van der Waals surface area contributed by atoms with Gasteiger partial charge in [-0.15, -0.1) is 0 Å². The number of aliphatic hydroxyl groups is 1. The van der Waals surface area contributed by atoms with E-state index in [1.165, 1.54) is 5.56 Å². The van der Waals surface area contributed by atoms with Crippen LogP contribution in [0.2, 0.25) is 5.82 Å². The summed E-state index contributed by atoms with van der Waals surface area (Å²) in [7, 11) is 0. The first-order chi connectivity index (χ1) is 7.14. The van der Waals surface area contributed by atoms with Crippen LogP contribution < -0.4 is 0 Å². The first-order valence-electron chi connectivity index (χ1n) is 4.98. The van der Waals surface area contributed by atoms with Crippen LogP contribution in [-0.4, -0.2) is 32.4 Å². The molecule has 0 spiro atoms. The van der Waals surface area contributed by atoms with E-state index in [0.717, 1.165) is 6.42 Å². The normalized spacial score (nSPS) is 17.1. The monoisotopic (exact) mass is 290 g/mol. The Morgan fingerprint density at radius 1 is 1.40 bits per heavy atom.